The molecule has 0 bridgehead atoms. The third kappa shape index (κ3) is 5.90. The third-order valence-corrected chi connectivity index (χ3v) is 7.60. The van der Waals surface area contributed by atoms with E-state index >= 15 is 0 Å². The number of aromatic nitrogens is 1. The molecule has 1 aromatic carbocycles. The Morgan fingerprint density at radius 1 is 1.06 bits per heavy atom. The second-order valence-electron chi connectivity index (χ2n) is 9.66. The van der Waals surface area contributed by atoms with Gasteiger partial charge in [-0.3, -0.25) is 19.5 Å². The average molecular weight is 505 g/mol. The summed E-state index contributed by atoms with van der Waals surface area (Å²) in [6.45, 7) is 8.76. The van der Waals surface area contributed by atoms with Gasteiger partial charge in [0, 0.05) is 63.9 Å². The number of nitrogens with zero attached hydrogens (tertiary/aromatic N) is 4. The number of rotatable bonds is 7. The zero-order valence-electron chi connectivity index (χ0n) is 21.0. The van der Waals surface area contributed by atoms with Crippen molar-refractivity contribution in [2.75, 3.05) is 50.8 Å². The molecule has 6 nitrogen and oxygen atoms in total. The normalized spacial score (nSPS) is 20.1. The van der Waals surface area contributed by atoms with Crippen LogP contribution >= 0.6 is 0 Å². The maximum Gasteiger partial charge on any atom is 0.433 e. The number of benzene rings is 1. The van der Waals surface area contributed by atoms with Crippen LogP contribution < -0.4 is 4.90 Å². The molecule has 1 atom stereocenters. The fraction of sp³-hybridized carbons (Fsp3) is 0.556. The summed E-state index contributed by atoms with van der Waals surface area (Å²) in [7, 11) is 0. The Morgan fingerprint density at radius 2 is 1.72 bits per heavy atom. The molecule has 2 saturated heterocycles. The van der Waals surface area contributed by atoms with Crippen LogP contribution in [0.4, 0.5) is 19.0 Å². The summed E-state index contributed by atoms with van der Waals surface area (Å²) >= 11 is 0. The maximum atomic E-state index is 13.4. The van der Waals surface area contributed by atoms with Crippen molar-refractivity contribution in [1.29, 1.82) is 0 Å². The highest BCUT2D eigenvalue weighted by Crippen LogP contribution is 2.34. The summed E-state index contributed by atoms with van der Waals surface area (Å²) in [4.78, 5) is 23.2. The number of halogens is 3. The molecule has 2 fully saturated rings. The molecule has 0 spiro atoms. The largest absolute Gasteiger partial charge is 0.433 e. The fourth-order valence-electron chi connectivity index (χ4n) is 5.37. The first-order valence-electron chi connectivity index (χ1n) is 12.7. The number of anilines is 1. The van der Waals surface area contributed by atoms with Crippen molar-refractivity contribution < 1.29 is 22.7 Å². The van der Waals surface area contributed by atoms with Crippen molar-refractivity contribution in [2.45, 2.75) is 50.9 Å². The monoisotopic (exact) mass is 504 g/mol. The van der Waals surface area contributed by atoms with Crippen LogP contribution in [0.5, 0.6) is 0 Å². The molecule has 1 aromatic heterocycles. The summed E-state index contributed by atoms with van der Waals surface area (Å²) in [5.41, 5.74) is -0.0818. The van der Waals surface area contributed by atoms with E-state index in [1.807, 2.05) is 6.07 Å². The highest BCUT2D eigenvalue weighted by atomic mass is 19.4. The number of hydrogen-bond donors (Lipinski definition) is 0. The van der Waals surface area contributed by atoms with Crippen molar-refractivity contribution in [3.63, 3.8) is 0 Å². The van der Waals surface area contributed by atoms with Gasteiger partial charge < -0.3 is 4.74 Å². The second-order valence-corrected chi connectivity index (χ2v) is 9.66. The lowest BCUT2D eigenvalue weighted by Crippen LogP contribution is -2.63. The van der Waals surface area contributed by atoms with Crippen LogP contribution in [0, 0.1) is 0 Å². The van der Waals surface area contributed by atoms with E-state index in [1.165, 1.54) is 22.6 Å². The van der Waals surface area contributed by atoms with E-state index in [0.29, 0.717) is 38.6 Å². The SMILES string of the molecule is CCC(=O)N(CC1(N2CCN(C(C)c3ccccc3)CC2)CCOCC1)c1cccc(C(F)(F)F)n1. The number of pyridine rings is 1. The standard InChI is InChI=1S/C27H35F3N4O2/c1-3-25(35)34(24-11-7-10-23(31-24)27(28,29)30)20-26(12-18-36-19-13-26)33-16-14-32(15-17-33)21(2)22-8-5-4-6-9-22/h4-11,21H,3,12-20H2,1-2H3. The van der Waals surface area contributed by atoms with Gasteiger partial charge in [0.1, 0.15) is 11.5 Å². The van der Waals surface area contributed by atoms with Gasteiger partial charge in [0.2, 0.25) is 5.91 Å². The molecule has 2 aromatic rings. The Morgan fingerprint density at radius 3 is 2.33 bits per heavy atom. The predicted molar refractivity (Wildman–Crippen MR) is 133 cm³/mol. The molecule has 0 aliphatic carbocycles. The van der Waals surface area contributed by atoms with Crippen LogP contribution in [-0.4, -0.2) is 72.2 Å². The van der Waals surface area contributed by atoms with Crippen molar-refractivity contribution in [2.24, 2.45) is 0 Å². The van der Waals surface area contributed by atoms with Gasteiger partial charge in [0.15, 0.2) is 0 Å². The molecule has 4 rings (SSSR count). The third-order valence-electron chi connectivity index (χ3n) is 7.60. The van der Waals surface area contributed by atoms with E-state index in [4.69, 9.17) is 4.74 Å². The summed E-state index contributed by atoms with van der Waals surface area (Å²) in [6, 6.07) is 14.5. The molecule has 1 unspecified atom stereocenters. The maximum absolute atomic E-state index is 13.4. The molecule has 2 aliphatic rings. The molecular weight excluding hydrogens is 469 g/mol. The Labute approximate surface area is 211 Å². The Hall–Kier alpha value is -2.49. The van der Waals surface area contributed by atoms with Gasteiger partial charge in [-0.15, -0.1) is 0 Å². The van der Waals surface area contributed by atoms with E-state index in [1.54, 1.807) is 6.92 Å². The number of hydrogen-bond acceptors (Lipinski definition) is 5. The molecule has 196 valence electrons. The number of alkyl halides is 3. The lowest BCUT2D eigenvalue weighted by molar-refractivity contribution is -0.141. The summed E-state index contributed by atoms with van der Waals surface area (Å²) < 4.78 is 45.8. The van der Waals surface area contributed by atoms with E-state index in [9.17, 15) is 18.0 Å². The zero-order valence-corrected chi connectivity index (χ0v) is 21.0. The number of piperazine rings is 1. The van der Waals surface area contributed by atoms with Crippen molar-refractivity contribution >= 4 is 11.7 Å². The van der Waals surface area contributed by atoms with Crippen LogP contribution in [0.25, 0.3) is 0 Å². The number of carbonyl (C=O) groups excluding carboxylic acids is 1. The van der Waals surface area contributed by atoms with E-state index in [2.05, 4.69) is 46.0 Å². The second kappa shape index (κ2) is 11.3. The Kier molecular flexibility index (Phi) is 8.32. The van der Waals surface area contributed by atoms with Crippen LogP contribution in [0.2, 0.25) is 0 Å². The minimum atomic E-state index is -4.57. The number of carbonyl (C=O) groups is 1. The smallest absolute Gasteiger partial charge is 0.381 e. The summed E-state index contributed by atoms with van der Waals surface area (Å²) in [6.07, 6.45) is -2.95. The fourth-order valence-corrected chi connectivity index (χ4v) is 5.37. The average Bonchev–Trinajstić information content (AvgIpc) is 2.91. The van der Waals surface area contributed by atoms with Crippen LogP contribution in [0.3, 0.4) is 0 Å². The van der Waals surface area contributed by atoms with Gasteiger partial charge in [-0.2, -0.15) is 13.2 Å². The van der Waals surface area contributed by atoms with Gasteiger partial charge in [0.05, 0.1) is 0 Å². The zero-order chi connectivity index (χ0) is 25.8. The Bertz CT molecular complexity index is 1000. The lowest BCUT2D eigenvalue weighted by atomic mass is 9.86. The van der Waals surface area contributed by atoms with Gasteiger partial charge in [-0.1, -0.05) is 43.3 Å². The molecule has 0 radical (unpaired) electrons. The predicted octanol–water partition coefficient (Wildman–Crippen LogP) is 4.77. The lowest BCUT2D eigenvalue weighted by Gasteiger charge is -2.51. The highest BCUT2D eigenvalue weighted by molar-refractivity contribution is 5.92. The van der Waals surface area contributed by atoms with Gasteiger partial charge >= 0.3 is 6.18 Å². The molecular formula is C27H35F3N4O2. The highest BCUT2D eigenvalue weighted by Gasteiger charge is 2.43. The molecule has 1 amide bonds. The molecule has 2 aliphatic heterocycles. The van der Waals surface area contributed by atoms with Gasteiger partial charge in [-0.25, -0.2) is 4.98 Å². The molecule has 9 heteroatoms. The van der Waals surface area contributed by atoms with Gasteiger partial charge in [0.25, 0.3) is 0 Å². The van der Waals surface area contributed by atoms with Crippen LogP contribution in [-0.2, 0) is 15.7 Å². The van der Waals surface area contributed by atoms with Crippen molar-refractivity contribution in [3.05, 3.63) is 59.8 Å². The molecule has 0 N–H and O–H groups in total. The first kappa shape index (κ1) is 26.6. The van der Waals surface area contributed by atoms with Crippen LogP contribution in [0.15, 0.2) is 48.5 Å². The molecule has 0 saturated carbocycles. The van der Waals surface area contributed by atoms with Crippen molar-refractivity contribution in [1.82, 2.24) is 14.8 Å². The molecule has 36 heavy (non-hydrogen) atoms. The first-order chi connectivity index (χ1) is 17.2. The molecule has 3 heterocycles. The Balaban J connectivity index is 1.55. The minimum Gasteiger partial charge on any atom is -0.381 e. The van der Waals surface area contributed by atoms with E-state index in [0.717, 1.165) is 32.2 Å². The summed E-state index contributed by atoms with van der Waals surface area (Å²) in [5.74, 6) is -0.178. The topological polar surface area (TPSA) is 48.9 Å². The minimum absolute atomic E-state index is 0.0545. The van der Waals surface area contributed by atoms with Crippen molar-refractivity contribution in [3.8, 4) is 0 Å². The van der Waals surface area contributed by atoms with E-state index in [-0.39, 0.29) is 23.7 Å². The quantitative estimate of drug-likeness (QED) is 0.544. The van der Waals surface area contributed by atoms with E-state index < -0.39 is 11.9 Å². The number of ether oxygens (including phenoxy) is 1. The number of amides is 1. The van der Waals surface area contributed by atoms with Crippen LogP contribution in [0.1, 0.15) is 50.4 Å². The first-order valence-corrected chi connectivity index (χ1v) is 12.7. The summed E-state index contributed by atoms with van der Waals surface area (Å²) in [5, 5.41) is 0. The van der Waals surface area contributed by atoms with Gasteiger partial charge in [-0.05, 0) is 37.5 Å².